The Bertz CT molecular complexity index is 1880. The number of aromatic amines is 1. The van der Waals surface area contributed by atoms with Gasteiger partial charge in [0.15, 0.2) is 11.4 Å². The lowest BCUT2D eigenvalue weighted by atomic mass is 9.90. The number of morpholine rings is 1. The second-order valence-corrected chi connectivity index (χ2v) is 11.1. The molecule has 0 aliphatic carbocycles. The number of H-pyrrole nitrogens is 1. The first-order valence-corrected chi connectivity index (χ1v) is 14.5. The number of aliphatic hydroxyl groups is 1. The van der Waals surface area contributed by atoms with Crippen molar-refractivity contribution in [1.82, 2.24) is 15.0 Å². The normalized spacial score (nSPS) is 18.9. The highest BCUT2D eigenvalue weighted by Gasteiger charge is 2.61. The molecule has 0 saturated carbocycles. The van der Waals surface area contributed by atoms with Crippen LogP contribution in [0.15, 0.2) is 45.7 Å². The quantitative estimate of drug-likeness (QED) is 0.233. The standard InChI is InChI=1S/C16H12F5N3O.C14H16N2O3.C2H2O/c17-15(18,16(19,20)21)14-22-11-9-5-1-2-6-10(9)25-12(11)13(23-14)24-7-3-4-8-24;1-3-11-6-12(13(17)15-7-11)16-4-5-19-14(10(16)2)8-18-9-14;1-2-3/h1-2,5-6H,3-4,7-8H2;1,6-7,10H,4-5,8-9H2,2H3,(H,15,17);1,3H. The summed E-state index contributed by atoms with van der Waals surface area (Å²) < 4.78 is 82.9. The average molecular weight is 660 g/mol. The van der Waals surface area contributed by atoms with E-state index in [1.807, 2.05) is 0 Å². The van der Waals surface area contributed by atoms with Gasteiger partial charge in [0.1, 0.15) is 28.5 Å². The first-order chi connectivity index (χ1) is 22.4. The number of hydrogen-bond donors (Lipinski definition) is 2. The number of rotatable bonds is 3. The van der Waals surface area contributed by atoms with Crippen molar-refractivity contribution >= 4 is 33.6 Å². The first kappa shape index (κ1) is 33.5. The van der Waals surface area contributed by atoms with Gasteiger partial charge in [-0.1, -0.05) is 24.5 Å². The van der Waals surface area contributed by atoms with Crippen molar-refractivity contribution in [3.63, 3.8) is 0 Å². The summed E-state index contributed by atoms with van der Waals surface area (Å²) >= 11 is 0. The fraction of sp³-hybridized carbons (Fsp3) is 0.406. The Hall–Kier alpha value is -4.86. The van der Waals surface area contributed by atoms with Crippen LogP contribution in [0.3, 0.4) is 0 Å². The van der Waals surface area contributed by atoms with Gasteiger partial charge in [-0.25, -0.2) is 9.97 Å². The first-order valence-electron chi connectivity index (χ1n) is 14.5. The number of aromatic nitrogens is 3. The molecular formula is C32H30F5N5O5. The average Bonchev–Trinajstić information content (AvgIpc) is 3.69. The Morgan fingerprint density at radius 3 is 2.38 bits per heavy atom. The smallest absolute Gasteiger partial charge is 0.461 e. The molecular weight excluding hydrogens is 629 g/mol. The van der Waals surface area contributed by atoms with Crippen LogP contribution in [0.4, 0.5) is 33.5 Å². The van der Waals surface area contributed by atoms with Crippen molar-refractivity contribution in [3.8, 4) is 24.9 Å². The summed E-state index contributed by atoms with van der Waals surface area (Å²) in [7, 11) is 0. The van der Waals surface area contributed by atoms with E-state index in [0.29, 0.717) is 61.7 Å². The minimum atomic E-state index is -5.78. The number of anilines is 2. The lowest BCUT2D eigenvalue weighted by Gasteiger charge is -2.53. The molecule has 4 aromatic rings. The number of para-hydroxylation sites is 1. The Balaban J connectivity index is 0.000000176. The highest BCUT2D eigenvalue weighted by atomic mass is 19.4. The molecule has 3 aliphatic rings. The molecule has 3 aromatic heterocycles. The zero-order chi connectivity index (χ0) is 34.0. The SMILES string of the molecule is C#CO.C#Cc1c[nH]c(=O)c(N2CCOC3(COC3)C2C)c1.FC(F)(F)C(F)(F)c1nc(N2CCCC2)c2oc3ccccc3c2n1. The van der Waals surface area contributed by atoms with Gasteiger partial charge in [0.25, 0.3) is 5.56 Å². The van der Waals surface area contributed by atoms with Crippen LogP contribution in [0.25, 0.3) is 22.1 Å². The zero-order valence-electron chi connectivity index (χ0n) is 25.1. The summed E-state index contributed by atoms with van der Waals surface area (Å²) in [5.41, 5.74) is 1.33. The van der Waals surface area contributed by atoms with E-state index < -0.39 is 17.9 Å². The molecule has 0 bridgehead atoms. The van der Waals surface area contributed by atoms with E-state index in [1.54, 1.807) is 41.4 Å². The number of halogens is 5. The lowest BCUT2D eigenvalue weighted by molar-refractivity contribution is -0.292. The summed E-state index contributed by atoms with van der Waals surface area (Å²) in [5.74, 6) is -4.17. The summed E-state index contributed by atoms with van der Waals surface area (Å²) in [4.78, 5) is 25.5. The van der Waals surface area contributed by atoms with Gasteiger partial charge in [0, 0.05) is 36.8 Å². The van der Waals surface area contributed by atoms with Crippen molar-refractivity contribution in [3.05, 3.63) is 58.3 Å². The molecule has 6 heterocycles. The number of benzene rings is 1. The predicted molar refractivity (Wildman–Crippen MR) is 163 cm³/mol. The van der Waals surface area contributed by atoms with Crippen LogP contribution in [0, 0.1) is 24.9 Å². The Labute approximate surface area is 265 Å². The monoisotopic (exact) mass is 659 g/mol. The van der Waals surface area contributed by atoms with Gasteiger partial charge in [-0.3, -0.25) is 4.79 Å². The van der Waals surface area contributed by atoms with Crippen molar-refractivity contribution in [1.29, 1.82) is 0 Å². The maximum Gasteiger partial charge on any atom is 0.461 e. The van der Waals surface area contributed by atoms with Crippen molar-refractivity contribution in [2.45, 2.75) is 43.5 Å². The molecule has 248 valence electrons. The van der Waals surface area contributed by atoms with E-state index >= 15 is 0 Å². The molecule has 1 unspecified atom stereocenters. The van der Waals surface area contributed by atoms with Gasteiger partial charge in [-0.2, -0.15) is 22.0 Å². The number of aliphatic hydroxyl groups excluding tert-OH is 1. The zero-order valence-corrected chi connectivity index (χ0v) is 25.1. The molecule has 15 heteroatoms. The molecule has 7 rings (SSSR count). The highest BCUT2D eigenvalue weighted by Crippen LogP contribution is 2.44. The van der Waals surface area contributed by atoms with Crippen molar-refractivity contribution in [2.75, 3.05) is 49.3 Å². The van der Waals surface area contributed by atoms with Crippen LogP contribution in [0.1, 0.15) is 31.2 Å². The van der Waals surface area contributed by atoms with Crippen LogP contribution in [0.2, 0.25) is 0 Å². The van der Waals surface area contributed by atoms with Gasteiger partial charge in [-0.15, -0.1) is 6.42 Å². The summed E-state index contributed by atoms with van der Waals surface area (Å²) in [6.07, 6.45) is 8.18. The van der Waals surface area contributed by atoms with E-state index in [2.05, 4.69) is 39.1 Å². The molecule has 3 fully saturated rings. The number of hydrogen-bond acceptors (Lipinski definition) is 9. The predicted octanol–water partition coefficient (Wildman–Crippen LogP) is 4.93. The minimum Gasteiger partial charge on any atom is -0.462 e. The largest absolute Gasteiger partial charge is 0.462 e. The van der Waals surface area contributed by atoms with Gasteiger partial charge in [0.05, 0.1) is 25.9 Å². The Morgan fingerprint density at radius 2 is 1.77 bits per heavy atom. The van der Waals surface area contributed by atoms with Gasteiger partial charge in [-0.05, 0) is 38.0 Å². The fourth-order valence-corrected chi connectivity index (χ4v) is 5.66. The van der Waals surface area contributed by atoms with Crippen molar-refractivity contribution < 1.29 is 40.9 Å². The summed E-state index contributed by atoms with van der Waals surface area (Å²) in [6, 6.07) is 8.33. The van der Waals surface area contributed by atoms with Gasteiger partial charge in [0.2, 0.25) is 5.82 Å². The van der Waals surface area contributed by atoms with Crippen LogP contribution >= 0.6 is 0 Å². The van der Waals surface area contributed by atoms with Crippen LogP contribution in [0.5, 0.6) is 0 Å². The Morgan fingerprint density at radius 1 is 1.09 bits per heavy atom. The molecule has 1 atom stereocenters. The third-order valence-electron chi connectivity index (χ3n) is 8.25. The molecule has 2 N–H and O–H groups in total. The number of furan rings is 1. The van der Waals surface area contributed by atoms with E-state index in [-0.39, 0.29) is 34.1 Å². The van der Waals surface area contributed by atoms with E-state index in [1.165, 1.54) is 6.11 Å². The maximum atomic E-state index is 13.9. The third-order valence-corrected chi connectivity index (χ3v) is 8.25. The summed E-state index contributed by atoms with van der Waals surface area (Å²) in [6.45, 7) is 5.52. The highest BCUT2D eigenvalue weighted by molar-refractivity contribution is 6.05. The van der Waals surface area contributed by atoms with E-state index in [9.17, 15) is 26.7 Å². The molecule has 10 nitrogen and oxygen atoms in total. The second-order valence-electron chi connectivity index (χ2n) is 11.1. The minimum absolute atomic E-state index is 0.0161. The molecule has 3 saturated heterocycles. The second kappa shape index (κ2) is 13.1. The molecule has 1 aromatic carbocycles. The number of pyridine rings is 1. The molecule has 0 radical (unpaired) electrons. The lowest BCUT2D eigenvalue weighted by Crippen LogP contribution is -2.68. The number of ether oxygens (including phenoxy) is 2. The van der Waals surface area contributed by atoms with E-state index in [4.69, 9.17) is 25.4 Å². The maximum absolute atomic E-state index is 13.9. The molecule has 0 amide bonds. The summed E-state index contributed by atoms with van der Waals surface area (Å²) in [5, 5.41) is 7.47. The Kier molecular flexibility index (Phi) is 9.34. The molecule has 3 aliphatic heterocycles. The number of terminal acetylenes is 2. The number of nitrogens with zero attached hydrogens (tertiary/aromatic N) is 4. The number of alkyl halides is 5. The molecule has 47 heavy (non-hydrogen) atoms. The molecule has 1 spiro atoms. The van der Waals surface area contributed by atoms with Crippen LogP contribution < -0.4 is 15.4 Å². The van der Waals surface area contributed by atoms with Gasteiger partial charge < -0.3 is 33.8 Å². The number of fused-ring (bicyclic) bond motifs is 3. The van der Waals surface area contributed by atoms with Gasteiger partial charge >= 0.3 is 12.1 Å². The third kappa shape index (κ3) is 6.28. The number of nitrogens with one attached hydrogen (secondary N) is 1. The van der Waals surface area contributed by atoms with Crippen molar-refractivity contribution in [2.24, 2.45) is 0 Å². The van der Waals surface area contributed by atoms with Crippen LogP contribution in [-0.4, -0.2) is 77.3 Å². The van der Waals surface area contributed by atoms with Crippen LogP contribution in [-0.2, 0) is 15.4 Å². The van der Waals surface area contributed by atoms with E-state index in [0.717, 1.165) is 12.8 Å². The topological polar surface area (TPSA) is 117 Å². The fourth-order valence-electron chi connectivity index (χ4n) is 5.66.